The van der Waals surface area contributed by atoms with Crippen molar-refractivity contribution in [2.24, 2.45) is 0 Å². The van der Waals surface area contributed by atoms with E-state index in [0.29, 0.717) is 0 Å². The molecule has 0 bridgehead atoms. The summed E-state index contributed by atoms with van der Waals surface area (Å²) in [7, 11) is 0. The predicted molar refractivity (Wildman–Crippen MR) is 460 cm³/mol. The molecular weight excluding hydrogens is 1270 g/mol. The van der Waals surface area contributed by atoms with Gasteiger partial charge in [-0.1, -0.05) is 303 Å². The molecule has 4 aromatic carbocycles. The number of rotatable bonds is 0. The molecular formula is C96H154N8. The Labute approximate surface area is 639 Å². The molecule has 0 aliphatic rings. The van der Waals surface area contributed by atoms with Gasteiger partial charge in [-0.25, -0.2) is 9.97 Å². The summed E-state index contributed by atoms with van der Waals surface area (Å²) in [6.07, 6.45) is 14.1. The fraction of sp³-hybridized carbons (Fsp3) is 0.594. The van der Waals surface area contributed by atoms with E-state index in [1.165, 1.54) is 71.9 Å². The number of benzene rings is 4. The molecule has 0 fully saturated rings. The molecule has 0 unspecified atom stereocenters. The molecule has 0 N–H and O–H groups in total. The van der Waals surface area contributed by atoms with Crippen LogP contribution in [0, 0.1) is 0 Å². The van der Waals surface area contributed by atoms with Gasteiger partial charge in [0.25, 0.3) is 0 Å². The topological polar surface area (TPSA) is 79.2 Å². The first kappa shape index (κ1) is 93.4. The van der Waals surface area contributed by atoms with Gasteiger partial charge in [-0.3, -0.25) is 14.3 Å². The molecule has 0 aliphatic carbocycles. The molecule has 9 aromatic rings. The maximum absolute atomic E-state index is 4.52. The number of aromatic nitrogens is 8. The van der Waals surface area contributed by atoms with Crippen molar-refractivity contribution in [2.75, 3.05) is 0 Å². The summed E-state index contributed by atoms with van der Waals surface area (Å²) in [4.78, 5) is 13.3. The SMILES string of the molecule is C.CC(C)(C)c1ccc(C(C)(C)C)cc1.CC(C)(C)c1ccc(C(C)(C)C)nc1.CC(C)(C)c1ccc2c(ccn2C(C)(C)C)c1.CC(C)(C)c1ccc2c(cnn2C(C)(C)C)c1.CC(C)(C)c1cccc(C(C)(C)C)c1.CC(C)(C)c1cnc(C(C)(C)C)nc1.CC(C)(C)c1cnn(C(C)(C)C)c1. The molecule has 104 heavy (non-hydrogen) atoms. The minimum absolute atomic E-state index is 0. The van der Waals surface area contributed by atoms with Crippen molar-refractivity contribution in [3.63, 3.8) is 0 Å². The van der Waals surface area contributed by atoms with E-state index < -0.39 is 0 Å². The standard InChI is InChI=1S/C16H23N.C15H22N2.2C14H22.C13H21N.C12H20N2.C11H20N2.CH4/c1-15(2,3)13-7-8-14-12(11-13)9-10-17(14)16(4,5)6;1-14(2,3)12-7-8-13-11(9-12)10-16-17(13)15(4,5)6;1-13(2,3)11-7-9-12(10-8-11)14(4,5)6;1-13(2,3)11-8-7-9-12(10-11)14(4,5)6;1-12(2,3)10-7-8-11(14-9-10)13(4,5)6;1-11(2,3)9-7-13-10(14-8-9)12(4,5)6;1-10(2,3)9-7-12-13(8-9)11(4,5)6;/h7-11H,1-6H3;7-10H,1-6H3;2*7-10H,1-6H3;7-9H,1-6H3;7-8H,1-6H3;7-8H,1-6H3;1H4. The highest BCUT2D eigenvalue weighted by molar-refractivity contribution is 5.82. The first-order valence-corrected chi connectivity index (χ1v) is 38.1. The number of fused-ring (bicyclic) bond motifs is 2. The van der Waals surface area contributed by atoms with Crippen molar-refractivity contribution < 1.29 is 0 Å². The number of pyridine rings is 1. The summed E-state index contributed by atoms with van der Waals surface area (Å²) in [6, 6.07) is 38.0. The van der Waals surface area contributed by atoms with E-state index in [1.54, 1.807) is 0 Å². The quantitative estimate of drug-likeness (QED) is 0.151. The first-order valence-electron chi connectivity index (χ1n) is 38.1. The molecule has 5 aromatic heterocycles. The van der Waals surface area contributed by atoms with E-state index in [1.807, 2.05) is 35.7 Å². The van der Waals surface area contributed by atoms with Crippen molar-refractivity contribution in [2.45, 2.75) is 374 Å². The molecule has 0 atom stereocenters. The van der Waals surface area contributed by atoms with E-state index in [0.717, 1.165) is 11.5 Å². The van der Waals surface area contributed by atoms with Crippen LogP contribution in [0.3, 0.4) is 0 Å². The average Bonchev–Trinajstić information content (AvgIpc) is 1.61. The fourth-order valence-corrected chi connectivity index (χ4v) is 10.6. The molecule has 8 nitrogen and oxygen atoms in total. The third kappa shape index (κ3) is 29.2. The second-order valence-electron chi connectivity index (χ2n) is 43.1. The van der Waals surface area contributed by atoms with Crippen LogP contribution in [0.2, 0.25) is 0 Å². The van der Waals surface area contributed by atoms with Gasteiger partial charge >= 0.3 is 0 Å². The summed E-state index contributed by atoms with van der Waals surface area (Å²) in [6.45, 7) is 93.0. The minimum atomic E-state index is 0. The summed E-state index contributed by atoms with van der Waals surface area (Å²) in [5.74, 6) is 0.908. The third-order valence-electron chi connectivity index (χ3n) is 18.3. The molecule has 0 radical (unpaired) electrons. The van der Waals surface area contributed by atoms with Crippen LogP contribution in [0.4, 0.5) is 0 Å². The lowest BCUT2D eigenvalue weighted by Gasteiger charge is -2.24. The molecule has 0 saturated heterocycles. The van der Waals surface area contributed by atoms with Gasteiger partial charge in [0.05, 0.1) is 29.0 Å². The van der Waals surface area contributed by atoms with Crippen LogP contribution in [-0.2, 0) is 76.2 Å². The Balaban J connectivity index is 0.000000413. The van der Waals surface area contributed by atoms with Gasteiger partial charge in [0.15, 0.2) is 0 Å². The Kier molecular flexibility index (Phi) is 30.6. The van der Waals surface area contributed by atoms with Crippen LogP contribution in [0.1, 0.15) is 360 Å². The van der Waals surface area contributed by atoms with E-state index in [2.05, 4.69) is 441 Å². The largest absolute Gasteiger partial charge is 0.342 e. The number of hydrogen-bond acceptors (Lipinski definition) is 5. The van der Waals surface area contributed by atoms with Gasteiger partial charge in [-0.05, 0) is 203 Å². The average molecular weight is 1420 g/mol. The minimum Gasteiger partial charge on any atom is -0.342 e. The smallest absolute Gasteiger partial charge is 0.133 e. The van der Waals surface area contributed by atoms with Crippen molar-refractivity contribution in [3.05, 3.63) is 208 Å². The van der Waals surface area contributed by atoms with Crippen LogP contribution in [0.25, 0.3) is 21.8 Å². The molecule has 5 heterocycles. The lowest BCUT2D eigenvalue weighted by molar-refractivity contribution is 0.354. The van der Waals surface area contributed by atoms with Gasteiger partial charge < -0.3 is 4.57 Å². The molecule has 0 saturated carbocycles. The highest BCUT2D eigenvalue weighted by Gasteiger charge is 2.26. The number of nitrogens with zero attached hydrogens (tertiary/aromatic N) is 8. The zero-order chi connectivity index (χ0) is 79.9. The first-order chi connectivity index (χ1) is 45.9. The Hall–Kier alpha value is -6.67. The van der Waals surface area contributed by atoms with Crippen molar-refractivity contribution in [1.82, 2.24) is 39.1 Å². The Bertz CT molecular complexity index is 3620. The van der Waals surface area contributed by atoms with Crippen LogP contribution in [-0.4, -0.2) is 39.1 Å². The Morgan fingerprint density at radius 3 is 0.923 bits per heavy atom. The molecule has 0 aliphatic heterocycles. The van der Waals surface area contributed by atoms with E-state index in [4.69, 9.17) is 0 Å². The van der Waals surface area contributed by atoms with Gasteiger partial charge in [-0.15, -0.1) is 0 Å². The fourth-order valence-electron chi connectivity index (χ4n) is 10.6. The summed E-state index contributed by atoms with van der Waals surface area (Å²) in [5.41, 5.74) is 18.3. The zero-order valence-electron chi connectivity index (χ0n) is 73.9. The highest BCUT2D eigenvalue weighted by atomic mass is 15.3. The second kappa shape index (κ2) is 34.1. The highest BCUT2D eigenvalue weighted by Crippen LogP contribution is 2.34. The van der Waals surface area contributed by atoms with Gasteiger partial charge in [-0.2, -0.15) is 10.2 Å². The zero-order valence-corrected chi connectivity index (χ0v) is 73.9. The normalized spacial score (nSPS) is 13.0. The van der Waals surface area contributed by atoms with Gasteiger partial charge in [0.1, 0.15) is 5.82 Å². The predicted octanol–water partition coefficient (Wildman–Crippen LogP) is 27.7. The van der Waals surface area contributed by atoms with Crippen LogP contribution in [0.5, 0.6) is 0 Å². The molecule has 0 amide bonds. The van der Waals surface area contributed by atoms with Crippen LogP contribution < -0.4 is 0 Å². The number of hydrogen-bond donors (Lipinski definition) is 0. The molecule has 9 rings (SSSR count). The Morgan fingerprint density at radius 1 is 0.250 bits per heavy atom. The summed E-state index contributed by atoms with van der Waals surface area (Å²) < 4.78 is 6.46. The van der Waals surface area contributed by atoms with Crippen LogP contribution >= 0.6 is 0 Å². The van der Waals surface area contributed by atoms with E-state index in [9.17, 15) is 0 Å². The molecule has 578 valence electrons. The van der Waals surface area contributed by atoms with Crippen LogP contribution in [0.15, 0.2) is 147 Å². The second-order valence-corrected chi connectivity index (χ2v) is 43.1. The molecule has 8 heteroatoms. The van der Waals surface area contributed by atoms with Gasteiger partial charge in [0.2, 0.25) is 0 Å². The Morgan fingerprint density at radius 2 is 0.606 bits per heavy atom. The summed E-state index contributed by atoms with van der Waals surface area (Å²) in [5, 5.41) is 11.4. The third-order valence-corrected chi connectivity index (χ3v) is 18.3. The van der Waals surface area contributed by atoms with Gasteiger partial charge in [0, 0.05) is 63.9 Å². The van der Waals surface area contributed by atoms with Crippen molar-refractivity contribution in [1.29, 1.82) is 0 Å². The van der Waals surface area contributed by atoms with E-state index >= 15 is 0 Å². The maximum atomic E-state index is 4.52. The van der Waals surface area contributed by atoms with E-state index in [-0.39, 0.29) is 83.6 Å². The lowest BCUT2D eigenvalue weighted by atomic mass is 9.81. The lowest BCUT2D eigenvalue weighted by Crippen LogP contribution is -2.22. The van der Waals surface area contributed by atoms with Crippen molar-refractivity contribution in [3.8, 4) is 0 Å². The summed E-state index contributed by atoms with van der Waals surface area (Å²) >= 11 is 0. The monoisotopic (exact) mass is 1420 g/mol. The van der Waals surface area contributed by atoms with Crippen molar-refractivity contribution >= 4 is 21.8 Å². The maximum Gasteiger partial charge on any atom is 0.133 e. The molecule has 0 spiro atoms.